The minimum atomic E-state index is -0.233. The van der Waals surface area contributed by atoms with E-state index >= 15 is 0 Å². The summed E-state index contributed by atoms with van der Waals surface area (Å²) in [7, 11) is 0. The SMILES string of the molecule is CCCn1c(CC)nc(-c2ccc(F)cc2C)c1N. The first-order valence-electron chi connectivity index (χ1n) is 6.69. The number of aryl methyl sites for hydroxylation is 2. The van der Waals surface area contributed by atoms with Crippen LogP contribution in [0.5, 0.6) is 0 Å². The van der Waals surface area contributed by atoms with Gasteiger partial charge < -0.3 is 10.3 Å². The van der Waals surface area contributed by atoms with E-state index < -0.39 is 0 Å². The molecule has 0 atom stereocenters. The smallest absolute Gasteiger partial charge is 0.131 e. The summed E-state index contributed by atoms with van der Waals surface area (Å²) in [5.41, 5.74) is 8.74. The van der Waals surface area contributed by atoms with E-state index in [1.807, 2.05) is 6.92 Å². The van der Waals surface area contributed by atoms with Crippen molar-refractivity contribution in [2.24, 2.45) is 0 Å². The molecule has 0 radical (unpaired) electrons. The summed E-state index contributed by atoms with van der Waals surface area (Å²) in [6.07, 6.45) is 1.85. The van der Waals surface area contributed by atoms with Crippen molar-refractivity contribution in [3.05, 3.63) is 35.4 Å². The number of imidazole rings is 1. The van der Waals surface area contributed by atoms with Gasteiger partial charge >= 0.3 is 0 Å². The van der Waals surface area contributed by atoms with E-state index in [1.165, 1.54) is 12.1 Å². The lowest BCUT2D eigenvalue weighted by molar-refractivity contribution is 0.627. The van der Waals surface area contributed by atoms with E-state index in [0.717, 1.165) is 42.0 Å². The normalized spacial score (nSPS) is 10.9. The number of aromatic nitrogens is 2. The number of hydrogen-bond acceptors (Lipinski definition) is 2. The van der Waals surface area contributed by atoms with Crippen LogP contribution in [0.3, 0.4) is 0 Å². The number of nitrogens with two attached hydrogens (primary N) is 1. The van der Waals surface area contributed by atoms with Gasteiger partial charge in [0.05, 0.1) is 0 Å². The molecule has 0 unspecified atom stereocenters. The largest absolute Gasteiger partial charge is 0.383 e. The molecule has 0 aliphatic carbocycles. The van der Waals surface area contributed by atoms with Crippen LogP contribution in [-0.2, 0) is 13.0 Å². The first-order valence-corrected chi connectivity index (χ1v) is 6.69. The fourth-order valence-corrected chi connectivity index (χ4v) is 2.35. The van der Waals surface area contributed by atoms with Crippen LogP contribution in [-0.4, -0.2) is 9.55 Å². The number of hydrogen-bond donors (Lipinski definition) is 1. The maximum absolute atomic E-state index is 13.2. The molecule has 2 N–H and O–H groups in total. The van der Waals surface area contributed by atoms with Crippen molar-refractivity contribution in [3.8, 4) is 11.3 Å². The Labute approximate surface area is 113 Å². The molecular weight excluding hydrogens is 241 g/mol. The fourth-order valence-electron chi connectivity index (χ4n) is 2.35. The molecule has 0 bridgehead atoms. The summed E-state index contributed by atoms with van der Waals surface area (Å²) < 4.78 is 15.2. The molecule has 0 saturated carbocycles. The van der Waals surface area contributed by atoms with Crippen LogP contribution in [0.2, 0.25) is 0 Å². The van der Waals surface area contributed by atoms with E-state index in [4.69, 9.17) is 5.73 Å². The van der Waals surface area contributed by atoms with E-state index in [0.29, 0.717) is 5.82 Å². The second kappa shape index (κ2) is 5.43. The summed E-state index contributed by atoms with van der Waals surface area (Å²) in [6.45, 7) is 6.92. The van der Waals surface area contributed by atoms with Gasteiger partial charge in [-0.05, 0) is 37.1 Å². The highest BCUT2D eigenvalue weighted by molar-refractivity contribution is 5.73. The zero-order valence-electron chi connectivity index (χ0n) is 11.7. The number of rotatable bonds is 4. The molecule has 4 heteroatoms. The lowest BCUT2D eigenvalue weighted by atomic mass is 10.1. The van der Waals surface area contributed by atoms with Gasteiger partial charge in [0, 0.05) is 18.5 Å². The summed E-state index contributed by atoms with van der Waals surface area (Å²) in [4.78, 5) is 4.62. The third kappa shape index (κ3) is 2.48. The van der Waals surface area contributed by atoms with Gasteiger partial charge in [-0.1, -0.05) is 13.8 Å². The molecule has 0 spiro atoms. The van der Waals surface area contributed by atoms with Gasteiger partial charge in [0.15, 0.2) is 0 Å². The molecule has 1 aromatic heterocycles. The van der Waals surface area contributed by atoms with Gasteiger partial charge in [-0.25, -0.2) is 9.37 Å². The maximum atomic E-state index is 13.2. The molecule has 19 heavy (non-hydrogen) atoms. The Morgan fingerprint density at radius 2 is 2.05 bits per heavy atom. The zero-order chi connectivity index (χ0) is 14.0. The highest BCUT2D eigenvalue weighted by atomic mass is 19.1. The Morgan fingerprint density at radius 1 is 1.32 bits per heavy atom. The second-order valence-electron chi connectivity index (χ2n) is 4.73. The van der Waals surface area contributed by atoms with Crippen molar-refractivity contribution in [1.82, 2.24) is 9.55 Å². The number of nitrogens with zero attached hydrogens (tertiary/aromatic N) is 2. The standard InChI is InChI=1S/C15H20FN3/c1-4-8-19-13(5-2)18-14(15(19)17)12-7-6-11(16)9-10(12)3/h6-7,9H,4-5,8,17H2,1-3H3. The molecule has 0 aliphatic rings. The quantitative estimate of drug-likeness (QED) is 0.914. The van der Waals surface area contributed by atoms with Crippen molar-refractivity contribution < 1.29 is 4.39 Å². The van der Waals surface area contributed by atoms with Crippen LogP contribution in [0, 0.1) is 12.7 Å². The summed E-state index contributed by atoms with van der Waals surface area (Å²) in [5, 5.41) is 0. The first-order chi connectivity index (χ1) is 9.08. The predicted molar refractivity (Wildman–Crippen MR) is 76.4 cm³/mol. The number of benzene rings is 1. The number of anilines is 1. The molecule has 3 nitrogen and oxygen atoms in total. The van der Waals surface area contributed by atoms with Gasteiger partial charge in [0.2, 0.25) is 0 Å². The Kier molecular flexibility index (Phi) is 3.88. The van der Waals surface area contributed by atoms with Gasteiger partial charge in [-0.15, -0.1) is 0 Å². The van der Waals surface area contributed by atoms with Crippen LogP contribution in [0.1, 0.15) is 31.7 Å². The highest BCUT2D eigenvalue weighted by Crippen LogP contribution is 2.29. The topological polar surface area (TPSA) is 43.8 Å². The van der Waals surface area contributed by atoms with Gasteiger partial charge in [-0.2, -0.15) is 0 Å². The molecule has 2 rings (SSSR count). The average molecular weight is 261 g/mol. The van der Waals surface area contributed by atoms with Crippen LogP contribution in [0.15, 0.2) is 18.2 Å². The van der Waals surface area contributed by atoms with Crippen LogP contribution >= 0.6 is 0 Å². The molecular formula is C15H20FN3. The Morgan fingerprint density at radius 3 is 2.63 bits per heavy atom. The molecule has 102 valence electrons. The van der Waals surface area contributed by atoms with Crippen LogP contribution in [0.4, 0.5) is 10.2 Å². The Balaban J connectivity index is 2.56. The Bertz CT molecular complexity index is 587. The van der Waals surface area contributed by atoms with E-state index in [2.05, 4.69) is 23.4 Å². The van der Waals surface area contributed by atoms with Gasteiger partial charge in [0.25, 0.3) is 0 Å². The predicted octanol–water partition coefficient (Wildman–Crippen LogP) is 3.55. The van der Waals surface area contributed by atoms with E-state index in [9.17, 15) is 4.39 Å². The summed E-state index contributed by atoms with van der Waals surface area (Å²) >= 11 is 0. The van der Waals surface area contributed by atoms with Crippen molar-refractivity contribution >= 4 is 5.82 Å². The van der Waals surface area contributed by atoms with Crippen molar-refractivity contribution in [1.29, 1.82) is 0 Å². The monoisotopic (exact) mass is 261 g/mol. The molecule has 0 amide bonds. The average Bonchev–Trinajstić information content (AvgIpc) is 2.68. The van der Waals surface area contributed by atoms with E-state index in [1.54, 1.807) is 6.07 Å². The minimum absolute atomic E-state index is 0.233. The first kappa shape index (κ1) is 13.6. The molecule has 0 saturated heterocycles. The van der Waals surface area contributed by atoms with Crippen LogP contribution < -0.4 is 5.73 Å². The van der Waals surface area contributed by atoms with Crippen molar-refractivity contribution in [3.63, 3.8) is 0 Å². The maximum Gasteiger partial charge on any atom is 0.131 e. The van der Waals surface area contributed by atoms with Crippen molar-refractivity contribution in [2.45, 2.75) is 40.2 Å². The molecule has 1 heterocycles. The van der Waals surface area contributed by atoms with Crippen molar-refractivity contribution in [2.75, 3.05) is 5.73 Å². The fraction of sp³-hybridized carbons (Fsp3) is 0.400. The minimum Gasteiger partial charge on any atom is -0.383 e. The van der Waals surface area contributed by atoms with Crippen LogP contribution in [0.25, 0.3) is 11.3 Å². The molecule has 0 aliphatic heterocycles. The third-order valence-electron chi connectivity index (χ3n) is 3.29. The Hall–Kier alpha value is -1.84. The molecule has 0 fully saturated rings. The lowest BCUT2D eigenvalue weighted by Crippen LogP contribution is -2.06. The zero-order valence-corrected chi connectivity index (χ0v) is 11.7. The number of halogens is 1. The second-order valence-corrected chi connectivity index (χ2v) is 4.73. The summed E-state index contributed by atoms with van der Waals surface area (Å²) in [6, 6.07) is 4.71. The highest BCUT2D eigenvalue weighted by Gasteiger charge is 2.16. The van der Waals surface area contributed by atoms with E-state index in [-0.39, 0.29) is 5.82 Å². The molecule has 1 aromatic carbocycles. The molecule has 2 aromatic rings. The van der Waals surface area contributed by atoms with Gasteiger partial charge in [-0.3, -0.25) is 0 Å². The lowest BCUT2D eigenvalue weighted by Gasteiger charge is -2.07. The van der Waals surface area contributed by atoms with Gasteiger partial charge in [0.1, 0.15) is 23.2 Å². The number of nitrogen functional groups attached to an aromatic ring is 1. The summed E-state index contributed by atoms with van der Waals surface area (Å²) in [5.74, 6) is 1.43. The third-order valence-corrected chi connectivity index (χ3v) is 3.29.